The molecule has 0 radical (unpaired) electrons. The number of Topliss-reactive ketones (excluding diaryl/α,β-unsaturated/α-hetero) is 2. The van der Waals surface area contributed by atoms with Crippen LogP contribution in [-0.2, 0) is 19.2 Å². The Hall–Kier alpha value is -1.56. The summed E-state index contributed by atoms with van der Waals surface area (Å²) in [5.74, 6) is -0.559. The summed E-state index contributed by atoms with van der Waals surface area (Å²) >= 11 is 0. The van der Waals surface area contributed by atoms with Crippen molar-refractivity contribution in [3.63, 3.8) is 0 Å². The molecule has 0 aliphatic rings. The molecule has 0 rings (SSSR count). The molecule has 0 fully saturated rings. The molecule has 0 saturated heterocycles. The Morgan fingerprint density at radius 2 is 1.64 bits per heavy atom. The quantitative estimate of drug-likeness (QED) is 0.494. The summed E-state index contributed by atoms with van der Waals surface area (Å²) < 4.78 is 0. The molecule has 0 spiro atoms. The molecule has 6 nitrogen and oxygen atoms in total. The molecule has 0 unspecified atom stereocenters. The van der Waals surface area contributed by atoms with Crippen LogP contribution < -0.4 is 10.6 Å². The zero-order valence-electron chi connectivity index (χ0n) is 16.4. The fraction of sp³-hybridized carbons (Fsp3) is 0.789. The number of carbonyl (C=O) groups is 4. The van der Waals surface area contributed by atoms with Gasteiger partial charge in [0.05, 0.1) is 12.1 Å². The number of hydrogen-bond donors (Lipinski definition) is 2. The molecule has 0 aromatic rings. The van der Waals surface area contributed by atoms with Crippen molar-refractivity contribution in [2.24, 2.45) is 11.8 Å². The molecule has 0 aromatic carbocycles. The van der Waals surface area contributed by atoms with Gasteiger partial charge in [0, 0.05) is 24.8 Å². The minimum atomic E-state index is -0.521. The lowest BCUT2D eigenvalue weighted by molar-refractivity contribution is -0.131. The maximum Gasteiger partial charge on any atom is 0.223 e. The first kappa shape index (κ1) is 23.4. The molecule has 25 heavy (non-hydrogen) atoms. The van der Waals surface area contributed by atoms with Crippen LogP contribution in [-0.4, -0.2) is 41.9 Å². The van der Waals surface area contributed by atoms with E-state index in [4.69, 9.17) is 0 Å². The van der Waals surface area contributed by atoms with E-state index in [9.17, 15) is 19.2 Å². The molecule has 3 atom stereocenters. The highest BCUT2D eigenvalue weighted by Crippen LogP contribution is 2.11. The van der Waals surface area contributed by atoms with Gasteiger partial charge in [-0.1, -0.05) is 34.6 Å². The number of ketones is 2. The van der Waals surface area contributed by atoms with Gasteiger partial charge < -0.3 is 20.2 Å². The third-order valence-corrected chi connectivity index (χ3v) is 3.88. The predicted molar refractivity (Wildman–Crippen MR) is 98.2 cm³/mol. The van der Waals surface area contributed by atoms with Crippen LogP contribution in [0.3, 0.4) is 0 Å². The van der Waals surface area contributed by atoms with Gasteiger partial charge in [-0.2, -0.15) is 0 Å². The number of nitrogens with one attached hydrogen (secondary N) is 2. The van der Waals surface area contributed by atoms with Crippen molar-refractivity contribution < 1.29 is 19.2 Å². The van der Waals surface area contributed by atoms with Crippen LogP contribution in [0.2, 0.25) is 0 Å². The van der Waals surface area contributed by atoms with E-state index in [0.717, 1.165) is 6.29 Å². The number of rotatable bonds is 13. The van der Waals surface area contributed by atoms with Crippen molar-refractivity contribution in [1.29, 1.82) is 0 Å². The van der Waals surface area contributed by atoms with E-state index < -0.39 is 18.0 Å². The molecule has 1 amide bonds. The highest BCUT2D eigenvalue weighted by molar-refractivity contribution is 5.90. The Morgan fingerprint density at radius 3 is 2.08 bits per heavy atom. The molecular weight excluding hydrogens is 320 g/mol. The molecule has 2 N–H and O–H groups in total. The van der Waals surface area contributed by atoms with Gasteiger partial charge in [-0.15, -0.1) is 0 Å². The molecule has 6 heteroatoms. The zero-order valence-corrected chi connectivity index (χ0v) is 16.4. The van der Waals surface area contributed by atoms with E-state index in [1.165, 1.54) is 6.92 Å². The van der Waals surface area contributed by atoms with Gasteiger partial charge >= 0.3 is 0 Å². The molecule has 0 aromatic heterocycles. The summed E-state index contributed by atoms with van der Waals surface area (Å²) in [6, 6.07) is -0.848. The summed E-state index contributed by atoms with van der Waals surface area (Å²) in [5.41, 5.74) is 0. The fourth-order valence-corrected chi connectivity index (χ4v) is 2.61. The van der Waals surface area contributed by atoms with E-state index in [2.05, 4.69) is 10.6 Å². The molecule has 0 heterocycles. The lowest BCUT2D eigenvalue weighted by Crippen LogP contribution is -2.44. The van der Waals surface area contributed by atoms with Crippen LogP contribution in [0.4, 0.5) is 0 Å². The van der Waals surface area contributed by atoms with Crippen LogP contribution in [0.15, 0.2) is 0 Å². The normalized spacial score (nSPS) is 14.9. The van der Waals surface area contributed by atoms with Crippen molar-refractivity contribution in [2.75, 3.05) is 0 Å². The molecule has 0 aliphatic carbocycles. The van der Waals surface area contributed by atoms with Gasteiger partial charge in [0.15, 0.2) is 5.78 Å². The number of carbonyl (C=O) groups excluding carboxylic acids is 4. The Labute approximate surface area is 151 Å². The third kappa shape index (κ3) is 10.8. The largest absolute Gasteiger partial charge is 0.346 e. The zero-order chi connectivity index (χ0) is 19.6. The summed E-state index contributed by atoms with van der Waals surface area (Å²) in [6.07, 6.45) is 2.17. The highest BCUT2D eigenvalue weighted by Gasteiger charge is 2.25. The second kappa shape index (κ2) is 11.9. The first-order valence-electron chi connectivity index (χ1n) is 9.10. The smallest absolute Gasteiger partial charge is 0.223 e. The first-order valence-corrected chi connectivity index (χ1v) is 9.10. The Bertz CT molecular complexity index is 460. The van der Waals surface area contributed by atoms with Crippen molar-refractivity contribution >= 4 is 23.8 Å². The number of amides is 1. The first-order chi connectivity index (χ1) is 11.6. The average Bonchev–Trinajstić information content (AvgIpc) is 2.49. The van der Waals surface area contributed by atoms with Crippen LogP contribution in [0, 0.1) is 11.8 Å². The van der Waals surface area contributed by atoms with Gasteiger partial charge in [-0.25, -0.2) is 0 Å². The van der Waals surface area contributed by atoms with Crippen LogP contribution >= 0.6 is 0 Å². The Morgan fingerprint density at radius 1 is 1.04 bits per heavy atom. The molecule has 0 saturated carbocycles. The van der Waals surface area contributed by atoms with Gasteiger partial charge in [0.25, 0.3) is 0 Å². The molecular formula is C19H34N2O4. The lowest BCUT2D eigenvalue weighted by atomic mass is 9.95. The van der Waals surface area contributed by atoms with E-state index in [0.29, 0.717) is 25.2 Å². The minimum Gasteiger partial charge on any atom is -0.346 e. The maximum atomic E-state index is 12.5. The second-order valence-corrected chi connectivity index (χ2v) is 7.57. The maximum absolute atomic E-state index is 12.5. The topological polar surface area (TPSA) is 92.3 Å². The third-order valence-electron chi connectivity index (χ3n) is 3.88. The lowest BCUT2D eigenvalue weighted by Gasteiger charge is -2.22. The standard InChI is InChI=1S/C19H34N2O4/c1-12(2)9-16(11-22)21-19(25)14(5)10-18(24)17(20-13(3)4)8-7-15(6)23/h11-14,16-17,20H,7-10H2,1-6H3,(H,21,25)/t14-,16+,17+/m1/s1. The molecule has 0 aliphatic heterocycles. The summed E-state index contributed by atoms with van der Waals surface area (Å²) in [5, 5.41) is 5.87. The summed E-state index contributed by atoms with van der Waals surface area (Å²) in [6.45, 7) is 11.0. The Balaban J connectivity index is 4.71. The van der Waals surface area contributed by atoms with Gasteiger partial charge in [-0.05, 0) is 25.7 Å². The van der Waals surface area contributed by atoms with Crippen molar-refractivity contribution in [2.45, 2.75) is 85.4 Å². The van der Waals surface area contributed by atoms with E-state index in [-0.39, 0.29) is 29.9 Å². The molecule has 144 valence electrons. The SMILES string of the molecule is CC(=O)CC[C@H](NC(C)C)C(=O)C[C@@H](C)C(=O)N[C@H](C=O)CC(C)C. The van der Waals surface area contributed by atoms with Crippen LogP contribution in [0.1, 0.15) is 67.2 Å². The predicted octanol–water partition coefficient (Wildman–Crippen LogP) is 2.05. The number of hydrogen-bond acceptors (Lipinski definition) is 5. The monoisotopic (exact) mass is 354 g/mol. The molecule has 0 bridgehead atoms. The highest BCUT2D eigenvalue weighted by atomic mass is 16.2. The minimum absolute atomic E-state index is 0.0386. The average molecular weight is 354 g/mol. The summed E-state index contributed by atoms with van der Waals surface area (Å²) in [4.78, 5) is 47.0. The van der Waals surface area contributed by atoms with Gasteiger partial charge in [-0.3, -0.25) is 9.59 Å². The van der Waals surface area contributed by atoms with Crippen molar-refractivity contribution in [3.8, 4) is 0 Å². The van der Waals surface area contributed by atoms with Crippen LogP contribution in [0.25, 0.3) is 0 Å². The Kier molecular flexibility index (Phi) is 11.2. The van der Waals surface area contributed by atoms with Gasteiger partial charge in [0.1, 0.15) is 12.1 Å². The van der Waals surface area contributed by atoms with Gasteiger partial charge in [0.2, 0.25) is 5.91 Å². The van der Waals surface area contributed by atoms with Crippen molar-refractivity contribution in [3.05, 3.63) is 0 Å². The fourth-order valence-electron chi connectivity index (χ4n) is 2.61. The summed E-state index contributed by atoms with van der Waals surface area (Å²) in [7, 11) is 0. The number of aldehydes is 1. The van der Waals surface area contributed by atoms with Crippen LogP contribution in [0.5, 0.6) is 0 Å². The second-order valence-electron chi connectivity index (χ2n) is 7.57. The van der Waals surface area contributed by atoms with E-state index in [1.807, 2.05) is 27.7 Å². The van der Waals surface area contributed by atoms with E-state index >= 15 is 0 Å². The van der Waals surface area contributed by atoms with Crippen molar-refractivity contribution in [1.82, 2.24) is 10.6 Å². The van der Waals surface area contributed by atoms with E-state index in [1.54, 1.807) is 6.92 Å².